The molecule has 5 N–H and O–H groups in total. The van der Waals surface area contributed by atoms with Gasteiger partial charge in [-0.25, -0.2) is 9.78 Å². The highest BCUT2D eigenvalue weighted by Crippen LogP contribution is 2.32. The van der Waals surface area contributed by atoms with Crippen molar-refractivity contribution in [3.05, 3.63) is 52.7 Å². The third-order valence-electron chi connectivity index (χ3n) is 6.26. The van der Waals surface area contributed by atoms with E-state index < -0.39 is 5.97 Å². The van der Waals surface area contributed by atoms with Crippen LogP contribution in [0.25, 0.3) is 0 Å². The fourth-order valence-corrected chi connectivity index (χ4v) is 4.59. The minimum Gasteiger partial charge on any atom is -0.481 e. The van der Waals surface area contributed by atoms with Gasteiger partial charge in [0.05, 0.1) is 6.42 Å². The Labute approximate surface area is 188 Å². The molecule has 1 unspecified atom stereocenters. The normalized spacial score (nSPS) is 17.5. The van der Waals surface area contributed by atoms with Crippen LogP contribution in [0.3, 0.4) is 0 Å². The fraction of sp³-hybridized carbons (Fsp3) is 0.458. The molecule has 0 saturated heterocycles. The van der Waals surface area contributed by atoms with Crippen LogP contribution in [0.2, 0.25) is 0 Å². The molecule has 0 spiro atoms. The van der Waals surface area contributed by atoms with Gasteiger partial charge in [-0.15, -0.1) is 0 Å². The number of hydrogen-bond acceptors (Lipinski definition) is 5. The molecule has 0 bridgehead atoms. The summed E-state index contributed by atoms with van der Waals surface area (Å²) in [5, 5.41) is 15.7. The Balaban J connectivity index is 1.32. The van der Waals surface area contributed by atoms with Crippen molar-refractivity contribution in [2.24, 2.45) is 0 Å². The predicted molar refractivity (Wildman–Crippen MR) is 124 cm³/mol. The fourth-order valence-electron chi connectivity index (χ4n) is 4.59. The van der Waals surface area contributed by atoms with Crippen LogP contribution in [-0.2, 0) is 24.2 Å². The molecule has 2 aromatic rings. The molecule has 32 heavy (non-hydrogen) atoms. The lowest BCUT2D eigenvalue weighted by Crippen LogP contribution is -2.40. The Morgan fingerprint density at radius 3 is 2.97 bits per heavy atom. The van der Waals surface area contributed by atoms with Crippen LogP contribution in [0.5, 0.6) is 0 Å². The zero-order valence-electron chi connectivity index (χ0n) is 18.3. The summed E-state index contributed by atoms with van der Waals surface area (Å²) in [4.78, 5) is 30.6. The number of aryl methyl sites for hydroxylation is 2. The van der Waals surface area contributed by atoms with E-state index >= 15 is 0 Å². The van der Waals surface area contributed by atoms with Gasteiger partial charge in [0.25, 0.3) is 0 Å². The Morgan fingerprint density at radius 1 is 1.25 bits per heavy atom. The number of rotatable bonds is 6. The number of aliphatic carboxylic acids is 1. The number of urea groups is 1. The van der Waals surface area contributed by atoms with E-state index in [2.05, 4.69) is 22.8 Å². The molecular formula is C24H31N5O3. The third kappa shape index (κ3) is 5.30. The first-order valence-corrected chi connectivity index (χ1v) is 11.3. The summed E-state index contributed by atoms with van der Waals surface area (Å²) in [5.41, 5.74) is 10.8. The number of nitrogen functional groups attached to an aromatic ring is 1. The summed E-state index contributed by atoms with van der Waals surface area (Å²) in [6, 6.07) is 9.65. The van der Waals surface area contributed by atoms with Crippen molar-refractivity contribution in [3.8, 4) is 0 Å². The number of amides is 2. The highest BCUT2D eigenvalue weighted by molar-refractivity contribution is 5.74. The molecule has 2 amide bonds. The van der Waals surface area contributed by atoms with Crippen molar-refractivity contribution in [2.45, 2.75) is 51.0 Å². The lowest BCUT2D eigenvalue weighted by Gasteiger charge is -2.22. The zero-order valence-corrected chi connectivity index (χ0v) is 18.3. The molecule has 1 atom stereocenters. The topological polar surface area (TPSA) is 121 Å². The number of pyridine rings is 1. The van der Waals surface area contributed by atoms with Crippen LogP contribution < -0.4 is 16.4 Å². The molecule has 2 aliphatic heterocycles. The molecule has 3 heterocycles. The number of nitrogens with one attached hydrogen (secondary N) is 2. The van der Waals surface area contributed by atoms with E-state index in [4.69, 9.17) is 10.7 Å². The molecule has 1 aromatic carbocycles. The van der Waals surface area contributed by atoms with Crippen LogP contribution in [-0.4, -0.2) is 46.6 Å². The van der Waals surface area contributed by atoms with E-state index in [0.29, 0.717) is 31.7 Å². The number of carbonyl (C=O) groups excluding carboxylic acids is 1. The summed E-state index contributed by atoms with van der Waals surface area (Å²) in [7, 11) is 0. The van der Waals surface area contributed by atoms with Gasteiger partial charge in [-0.1, -0.05) is 12.1 Å². The average Bonchev–Trinajstić information content (AvgIpc) is 2.95. The van der Waals surface area contributed by atoms with E-state index in [0.717, 1.165) is 54.9 Å². The Kier molecular flexibility index (Phi) is 6.78. The monoisotopic (exact) mass is 437 g/mol. The Morgan fingerprint density at radius 2 is 2.12 bits per heavy atom. The third-order valence-corrected chi connectivity index (χ3v) is 6.26. The SMILES string of the molecule is Nc1ccc2c(c1)CN(C(=O)NCCCc1ccc3c(n1)NCCC3)CCC2CC(=O)O. The molecule has 2 aliphatic rings. The number of hydrogen-bond donors (Lipinski definition) is 4. The van der Waals surface area contributed by atoms with Crippen molar-refractivity contribution in [2.75, 3.05) is 30.7 Å². The molecule has 1 aromatic heterocycles. The summed E-state index contributed by atoms with van der Waals surface area (Å²) >= 11 is 0. The number of carboxylic acid groups (broad SMARTS) is 1. The molecule has 8 heteroatoms. The smallest absolute Gasteiger partial charge is 0.317 e. The Hall–Kier alpha value is -3.29. The molecule has 0 aliphatic carbocycles. The number of nitrogens with zero attached hydrogens (tertiary/aromatic N) is 2. The number of benzene rings is 1. The van der Waals surface area contributed by atoms with E-state index in [1.54, 1.807) is 11.0 Å². The van der Waals surface area contributed by atoms with Crippen molar-refractivity contribution < 1.29 is 14.7 Å². The van der Waals surface area contributed by atoms with Gasteiger partial charge in [0, 0.05) is 37.6 Å². The second kappa shape index (κ2) is 9.89. The quantitative estimate of drug-likeness (QED) is 0.407. The number of carboxylic acids is 1. The first kappa shape index (κ1) is 21.9. The van der Waals surface area contributed by atoms with Crippen molar-refractivity contribution in [1.29, 1.82) is 0 Å². The molecule has 4 rings (SSSR count). The number of fused-ring (bicyclic) bond motifs is 2. The maximum absolute atomic E-state index is 12.8. The van der Waals surface area contributed by atoms with E-state index in [9.17, 15) is 14.7 Å². The highest BCUT2D eigenvalue weighted by Gasteiger charge is 2.26. The lowest BCUT2D eigenvalue weighted by molar-refractivity contribution is -0.137. The van der Waals surface area contributed by atoms with Crippen molar-refractivity contribution in [1.82, 2.24) is 15.2 Å². The molecule has 0 radical (unpaired) electrons. The minimum atomic E-state index is -0.832. The van der Waals surface area contributed by atoms with Crippen molar-refractivity contribution >= 4 is 23.5 Å². The minimum absolute atomic E-state index is 0.0506. The second-order valence-electron chi connectivity index (χ2n) is 8.64. The second-order valence-corrected chi connectivity index (χ2v) is 8.64. The molecule has 8 nitrogen and oxygen atoms in total. The number of anilines is 2. The van der Waals surface area contributed by atoms with Gasteiger partial charge in [0.15, 0.2) is 0 Å². The van der Waals surface area contributed by atoms with Gasteiger partial charge in [-0.05, 0) is 72.9 Å². The molecule has 170 valence electrons. The van der Waals surface area contributed by atoms with Crippen LogP contribution in [0.4, 0.5) is 16.3 Å². The van der Waals surface area contributed by atoms with Crippen LogP contribution in [0, 0.1) is 0 Å². The highest BCUT2D eigenvalue weighted by atomic mass is 16.4. The van der Waals surface area contributed by atoms with Gasteiger partial charge in [-0.3, -0.25) is 4.79 Å². The van der Waals surface area contributed by atoms with Gasteiger partial charge in [0.2, 0.25) is 0 Å². The van der Waals surface area contributed by atoms with Crippen LogP contribution in [0.15, 0.2) is 30.3 Å². The Bertz CT molecular complexity index is 994. The summed E-state index contributed by atoms with van der Waals surface area (Å²) < 4.78 is 0. The van der Waals surface area contributed by atoms with Crippen LogP contribution >= 0.6 is 0 Å². The predicted octanol–water partition coefficient (Wildman–Crippen LogP) is 3.13. The zero-order chi connectivity index (χ0) is 22.5. The molecule has 0 fully saturated rings. The van der Waals surface area contributed by atoms with Gasteiger partial charge in [-0.2, -0.15) is 0 Å². The number of carbonyl (C=O) groups is 2. The van der Waals surface area contributed by atoms with E-state index in [-0.39, 0.29) is 18.4 Å². The maximum atomic E-state index is 12.8. The van der Waals surface area contributed by atoms with Gasteiger partial charge < -0.3 is 26.4 Å². The van der Waals surface area contributed by atoms with Crippen molar-refractivity contribution in [3.63, 3.8) is 0 Å². The lowest BCUT2D eigenvalue weighted by atomic mass is 9.90. The van der Waals surface area contributed by atoms with E-state index in [1.807, 2.05) is 12.1 Å². The van der Waals surface area contributed by atoms with Gasteiger partial charge >= 0.3 is 12.0 Å². The first-order valence-electron chi connectivity index (χ1n) is 11.3. The molecular weight excluding hydrogens is 406 g/mol. The molecule has 0 saturated carbocycles. The first-order chi connectivity index (χ1) is 15.5. The summed E-state index contributed by atoms with van der Waals surface area (Å²) in [6.45, 7) is 2.47. The number of nitrogens with two attached hydrogens (primary N) is 1. The maximum Gasteiger partial charge on any atom is 0.317 e. The van der Waals surface area contributed by atoms with Gasteiger partial charge in [0.1, 0.15) is 5.82 Å². The largest absolute Gasteiger partial charge is 0.481 e. The summed E-state index contributed by atoms with van der Waals surface area (Å²) in [5.74, 6) is 0.0439. The summed E-state index contributed by atoms with van der Waals surface area (Å²) in [6.07, 6.45) is 4.48. The van der Waals surface area contributed by atoms with E-state index in [1.165, 1.54) is 5.56 Å². The standard InChI is InChI=1S/C24H31N5O3/c25-19-6-8-21-17(14-22(30)31)9-12-29(15-18(21)13-19)24(32)27-11-2-4-20-7-5-16-3-1-10-26-23(16)28-20/h5-8,13,17H,1-4,9-12,14-15,25H2,(H,26,28)(H,27,32)(H,30,31). The van der Waals surface area contributed by atoms with Crippen LogP contribution in [0.1, 0.15) is 54.0 Å². The average molecular weight is 438 g/mol. The number of aromatic nitrogens is 1.